The van der Waals surface area contributed by atoms with Gasteiger partial charge in [-0.15, -0.1) is 12.4 Å². The third-order valence-corrected chi connectivity index (χ3v) is 1.57. The van der Waals surface area contributed by atoms with Gasteiger partial charge in [0.1, 0.15) is 0 Å². The number of hydrogen-bond acceptors (Lipinski definition) is 3. The van der Waals surface area contributed by atoms with Gasteiger partial charge in [-0.1, -0.05) is 0 Å². The molecule has 4 heteroatoms. The average molecular weight is 218 g/mol. The number of nitrogen functional groups attached to an aromatic ring is 1. The molecule has 0 heterocycles. The van der Waals surface area contributed by atoms with E-state index < -0.39 is 0 Å². The molecule has 1 aromatic carbocycles. The van der Waals surface area contributed by atoms with Crippen LogP contribution in [0.1, 0.15) is 13.8 Å². The Balaban J connectivity index is 0.00000169. The van der Waals surface area contributed by atoms with Gasteiger partial charge >= 0.3 is 0 Å². The Morgan fingerprint density at radius 2 is 1.64 bits per heavy atom. The fourth-order valence-corrected chi connectivity index (χ4v) is 1.07. The first-order chi connectivity index (χ1) is 6.27. The molecule has 0 fully saturated rings. The van der Waals surface area contributed by atoms with E-state index in [0.717, 1.165) is 5.75 Å². The smallest absolute Gasteiger partial charge is 0.163 e. The molecule has 0 aliphatic rings. The van der Waals surface area contributed by atoms with Crippen molar-refractivity contribution in [3.8, 4) is 11.5 Å². The molecule has 2 N–H and O–H groups in total. The maximum absolute atomic E-state index is 5.62. The van der Waals surface area contributed by atoms with Gasteiger partial charge in [-0.25, -0.2) is 0 Å². The number of benzene rings is 1. The van der Waals surface area contributed by atoms with E-state index in [1.165, 1.54) is 0 Å². The quantitative estimate of drug-likeness (QED) is 0.789. The van der Waals surface area contributed by atoms with Gasteiger partial charge in [0.15, 0.2) is 11.5 Å². The first-order valence-electron chi connectivity index (χ1n) is 4.43. The Labute approximate surface area is 90.6 Å². The third-order valence-electron chi connectivity index (χ3n) is 1.57. The minimum absolute atomic E-state index is 0. The molecule has 0 saturated heterocycles. The molecule has 14 heavy (non-hydrogen) atoms. The molecule has 0 radical (unpaired) electrons. The van der Waals surface area contributed by atoms with Crippen LogP contribution in [-0.4, -0.2) is 13.2 Å². The van der Waals surface area contributed by atoms with E-state index in [0.29, 0.717) is 24.7 Å². The van der Waals surface area contributed by atoms with Crippen molar-refractivity contribution in [3.05, 3.63) is 18.2 Å². The van der Waals surface area contributed by atoms with E-state index in [9.17, 15) is 0 Å². The summed E-state index contributed by atoms with van der Waals surface area (Å²) in [7, 11) is 0. The summed E-state index contributed by atoms with van der Waals surface area (Å²) in [5, 5.41) is 0. The standard InChI is InChI=1S/C10H15NO2.ClH/c1-3-12-9-6-5-8(11)7-10(9)13-4-2;/h5-7H,3-4,11H2,1-2H3;1H. The van der Waals surface area contributed by atoms with Gasteiger partial charge in [0.25, 0.3) is 0 Å². The van der Waals surface area contributed by atoms with Crippen molar-refractivity contribution in [3.63, 3.8) is 0 Å². The highest BCUT2D eigenvalue weighted by molar-refractivity contribution is 5.85. The molecule has 0 atom stereocenters. The van der Waals surface area contributed by atoms with Crippen LogP contribution in [0.4, 0.5) is 5.69 Å². The molecule has 3 nitrogen and oxygen atoms in total. The second-order valence-electron chi connectivity index (χ2n) is 2.57. The van der Waals surface area contributed by atoms with E-state index in [2.05, 4.69) is 0 Å². The van der Waals surface area contributed by atoms with Crippen LogP contribution in [0.2, 0.25) is 0 Å². The van der Waals surface area contributed by atoms with Crippen LogP contribution < -0.4 is 15.2 Å². The normalized spacial score (nSPS) is 9.00. The number of anilines is 1. The highest BCUT2D eigenvalue weighted by Crippen LogP contribution is 2.29. The molecule has 0 aromatic heterocycles. The zero-order valence-electron chi connectivity index (χ0n) is 8.45. The maximum atomic E-state index is 5.62. The molecule has 0 aliphatic carbocycles. The number of halogens is 1. The average Bonchev–Trinajstić information content (AvgIpc) is 2.10. The van der Waals surface area contributed by atoms with Gasteiger partial charge in [0.2, 0.25) is 0 Å². The van der Waals surface area contributed by atoms with Crippen molar-refractivity contribution in [2.45, 2.75) is 13.8 Å². The molecule has 80 valence electrons. The van der Waals surface area contributed by atoms with Gasteiger partial charge in [0.05, 0.1) is 13.2 Å². The minimum atomic E-state index is 0. The largest absolute Gasteiger partial charge is 0.490 e. The van der Waals surface area contributed by atoms with E-state index in [1.807, 2.05) is 19.9 Å². The van der Waals surface area contributed by atoms with Gasteiger partial charge in [-0.3, -0.25) is 0 Å². The molecule has 0 bridgehead atoms. The highest BCUT2D eigenvalue weighted by Gasteiger charge is 2.03. The fraction of sp³-hybridized carbons (Fsp3) is 0.400. The molecule has 1 rings (SSSR count). The SMILES string of the molecule is CCOc1ccc(N)cc1OCC.Cl. The summed E-state index contributed by atoms with van der Waals surface area (Å²) in [4.78, 5) is 0. The first kappa shape index (κ1) is 12.9. The molecule has 0 amide bonds. The van der Waals surface area contributed by atoms with Crippen molar-refractivity contribution in [2.75, 3.05) is 18.9 Å². The minimum Gasteiger partial charge on any atom is -0.490 e. The Bertz CT molecular complexity index is 279. The van der Waals surface area contributed by atoms with Crippen LogP contribution in [0.3, 0.4) is 0 Å². The van der Waals surface area contributed by atoms with Crippen molar-refractivity contribution >= 4 is 18.1 Å². The van der Waals surface area contributed by atoms with E-state index >= 15 is 0 Å². The van der Waals surface area contributed by atoms with Crippen molar-refractivity contribution in [2.24, 2.45) is 0 Å². The van der Waals surface area contributed by atoms with Gasteiger partial charge in [-0.2, -0.15) is 0 Å². The van der Waals surface area contributed by atoms with Gasteiger partial charge < -0.3 is 15.2 Å². The van der Waals surface area contributed by atoms with Crippen LogP contribution in [0.5, 0.6) is 11.5 Å². The van der Waals surface area contributed by atoms with E-state index in [-0.39, 0.29) is 12.4 Å². The zero-order valence-corrected chi connectivity index (χ0v) is 9.26. The van der Waals surface area contributed by atoms with Crippen LogP contribution >= 0.6 is 12.4 Å². The lowest BCUT2D eigenvalue weighted by Gasteiger charge is -2.10. The fourth-order valence-electron chi connectivity index (χ4n) is 1.07. The topological polar surface area (TPSA) is 44.5 Å². The summed E-state index contributed by atoms with van der Waals surface area (Å²) in [6.07, 6.45) is 0. The molecule has 0 aliphatic heterocycles. The Morgan fingerprint density at radius 1 is 1.07 bits per heavy atom. The van der Waals surface area contributed by atoms with Gasteiger partial charge in [0, 0.05) is 11.8 Å². The number of hydrogen-bond donors (Lipinski definition) is 1. The number of ether oxygens (including phenoxy) is 2. The highest BCUT2D eigenvalue weighted by atomic mass is 35.5. The molecule has 1 aromatic rings. The molecule has 0 spiro atoms. The summed E-state index contributed by atoms with van der Waals surface area (Å²) in [5.74, 6) is 1.46. The van der Waals surface area contributed by atoms with Crippen LogP contribution in [-0.2, 0) is 0 Å². The number of rotatable bonds is 4. The summed E-state index contributed by atoms with van der Waals surface area (Å²) < 4.78 is 10.7. The van der Waals surface area contributed by atoms with Gasteiger partial charge in [-0.05, 0) is 26.0 Å². The Kier molecular flexibility index (Phi) is 5.88. The van der Waals surface area contributed by atoms with Crippen molar-refractivity contribution in [1.82, 2.24) is 0 Å². The molecule has 0 unspecified atom stereocenters. The lowest BCUT2D eigenvalue weighted by molar-refractivity contribution is 0.288. The van der Waals surface area contributed by atoms with Crippen LogP contribution in [0.15, 0.2) is 18.2 Å². The maximum Gasteiger partial charge on any atom is 0.163 e. The predicted octanol–water partition coefficient (Wildman–Crippen LogP) is 2.49. The Hall–Kier alpha value is -1.09. The van der Waals surface area contributed by atoms with Crippen LogP contribution in [0.25, 0.3) is 0 Å². The van der Waals surface area contributed by atoms with Crippen molar-refractivity contribution < 1.29 is 9.47 Å². The van der Waals surface area contributed by atoms with Crippen molar-refractivity contribution in [1.29, 1.82) is 0 Å². The second-order valence-corrected chi connectivity index (χ2v) is 2.57. The molecule has 0 saturated carbocycles. The lowest BCUT2D eigenvalue weighted by Crippen LogP contribution is -1.99. The zero-order chi connectivity index (χ0) is 9.68. The predicted molar refractivity (Wildman–Crippen MR) is 60.4 cm³/mol. The Morgan fingerprint density at radius 3 is 2.21 bits per heavy atom. The van der Waals surface area contributed by atoms with E-state index in [1.54, 1.807) is 12.1 Å². The number of nitrogens with two attached hydrogens (primary N) is 1. The summed E-state index contributed by atoms with van der Waals surface area (Å²) in [6.45, 7) is 5.11. The summed E-state index contributed by atoms with van der Waals surface area (Å²) >= 11 is 0. The second kappa shape index (κ2) is 6.38. The monoisotopic (exact) mass is 217 g/mol. The molecular formula is C10H16ClNO2. The summed E-state index contributed by atoms with van der Waals surface area (Å²) in [6, 6.07) is 5.39. The molecular weight excluding hydrogens is 202 g/mol. The lowest BCUT2D eigenvalue weighted by atomic mass is 10.3. The van der Waals surface area contributed by atoms with E-state index in [4.69, 9.17) is 15.2 Å². The summed E-state index contributed by atoms with van der Waals surface area (Å²) in [5.41, 5.74) is 6.31. The third kappa shape index (κ3) is 3.34. The first-order valence-corrected chi connectivity index (χ1v) is 4.43. The van der Waals surface area contributed by atoms with Crippen LogP contribution in [0, 0.1) is 0 Å².